The van der Waals surface area contributed by atoms with Crippen molar-refractivity contribution in [1.82, 2.24) is 10.2 Å². The van der Waals surface area contributed by atoms with Crippen molar-refractivity contribution in [3.05, 3.63) is 0 Å². The van der Waals surface area contributed by atoms with Crippen molar-refractivity contribution >= 4 is 0 Å². The fourth-order valence-corrected chi connectivity index (χ4v) is 2.00. The van der Waals surface area contributed by atoms with Crippen molar-refractivity contribution in [2.45, 2.75) is 33.2 Å². The van der Waals surface area contributed by atoms with Gasteiger partial charge in [-0.25, -0.2) is 0 Å². The van der Waals surface area contributed by atoms with E-state index in [4.69, 9.17) is 4.74 Å². The highest BCUT2D eigenvalue weighted by atomic mass is 16.5. The molecule has 1 atom stereocenters. The number of ether oxygens (including phenoxy) is 1. The molecule has 3 nitrogen and oxygen atoms in total. The lowest BCUT2D eigenvalue weighted by molar-refractivity contribution is 0.0634. The van der Waals surface area contributed by atoms with Gasteiger partial charge in [-0.1, -0.05) is 20.8 Å². The summed E-state index contributed by atoms with van der Waals surface area (Å²) < 4.78 is 5.63. The molecule has 1 rings (SSSR count). The maximum absolute atomic E-state index is 5.63. The van der Waals surface area contributed by atoms with Crippen molar-refractivity contribution in [2.75, 3.05) is 39.4 Å². The van der Waals surface area contributed by atoms with Crippen LogP contribution in [0.3, 0.4) is 0 Å². The topological polar surface area (TPSA) is 24.5 Å². The molecule has 1 aliphatic heterocycles. The number of hydrogen-bond acceptors (Lipinski definition) is 3. The first-order chi connectivity index (χ1) is 7.24. The summed E-state index contributed by atoms with van der Waals surface area (Å²) in [6.07, 6.45) is 1.23. The zero-order valence-electron chi connectivity index (χ0n) is 10.5. The molecule has 1 heterocycles. The van der Waals surface area contributed by atoms with Gasteiger partial charge >= 0.3 is 0 Å². The molecule has 1 aliphatic rings. The van der Waals surface area contributed by atoms with Gasteiger partial charge in [0, 0.05) is 38.8 Å². The first-order valence-corrected chi connectivity index (χ1v) is 6.26. The second-order valence-corrected chi connectivity index (χ2v) is 4.77. The lowest BCUT2D eigenvalue weighted by atomic mass is 10.1. The molecule has 0 aliphatic carbocycles. The van der Waals surface area contributed by atoms with Crippen LogP contribution in [0.2, 0.25) is 0 Å². The number of piperazine rings is 1. The van der Waals surface area contributed by atoms with Crippen molar-refractivity contribution in [1.29, 1.82) is 0 Å². The van der Waals surface area contributed by atoms with Crippen LogP contribution in [-0.4, -0.2) is 50.3 Å². The van der Waals surface area contributed by atoms with E-state index in [0.29, 0.717) is 12.0 Å². The van der Waals surface area contributed by atoms with Crippen molar-refractivity contribution in [3.8, 4) is 0 Å². The minimum atomic E-state index is 0.648. The van der Waals surface area contributed by atoms with E-state index in [1.807, 2.05) is 0 Å². The maximum Gasteiger partial charge on any atom is 0.0593 e. The zero-order chi connectivity index (χ0) is 11.1. The molecular formula is C12H26N2O. The molecule has 0 spiro atoms. The fraction of sp³-hybridized carbons (Fsp3) is 1.00. The summed E-state index contributed by atoms with van der Waals surface area (Å²) in [5.41, 5.74) is 0. The van der Waals surface area contributed by atoms with Gasteiger partial charge < -0.3 is 10.1 Å². The molecule has 0 saturated carbocycles. The van der Waals surface area contributed by atoms with Crippen LogP contribution in [0, 0.1) is 5.92 Å². The Morgan fingerprint density at radius 3 is 2.93 bits per heavy atom. The standard InChI is InChI=1S/C12H26N2O/c1-4-12-9-13-5-6-14(12)7-8-15-10-11(2)3/h11-13H,4-10H2,1-3H3. The predicted octanol–water partition coefficient (Wildman–Crippen LogP) is 1.34. The SMILES string of the molecule is CCC1CNCCN1CCOCC(C)C. The van der Waals surface area contributed by atoms with Crippen LogP contribution in [-0.2, 0) is 4.74 Å². The Morgan fingerprint density at radius 2 is 2.27 bits per heavy atom. The Balaban J connectivity index is 2.12. The van der Waals surface area contributed by atoms with Crippen LogP contribution >= 0.6 is 0 Å². The third kappa shape index (κ3) is 4.96. The molecule has 1 unspecified atom stereocenters. The Labute approximate surface area is 94.2 Å². The van der Waals surface area contributed by atoms with E-state index in [1.165, 1.54) is 13.0 Å². The first kappa shape index (κ1) is 12.9. The van der Waals surface area contributed by atoms with Gasteiger partial charge in [-0.15, -0.1) is 0 Å². The smallest absolute Gasteiger partial charge is 0.0593 e. The highest BCUT2D eigenvalue weighted by Gasteiger charge is 2.19. The minimum absolute atomic E-state index is 0.648. The number of rotatable bonds is 6. The molecule has 0 aromatic heterocycles. The van der Waals surface area contributed by atoms with Crippen LogP contribution in [0.25, 0.3) is 0 Å². The first-order valence-electron chi connectivity index (χ1n) is 6.26. The molecule has 1 N–H and O–H groups in total. The summed E-state index contributed by atoms with van der Waals surface area (Å²) in [5.74, 6) is 0.648. The van der Waals surface area contributed by atoms with Crippen molar-refractivity contribution in [3.63, 3.8) is 0 Å². The quantitative estimate of drug-likeness (QED) is 0.675. The van der Waals surface area contributed by atoms with Gasteiger partial charge in [0.15, 0.2) is 0 Å². The van der Waals surface area contributed by atoms with E-state index in [1.54, 1.807) is 0 Å². The normalized spacial score (nSPS) is 23.6. The molecule has 0 aromatic carbocycles. The Bertz CT molecular complexity index is 162. The van der Waals surface area contributed by atoms with E-state index in [9.17, 15) is 0 Å². The molecular weight excluding hydrogens is 188 g/mol. The van der Waals surface area contributed by atoms with Crippen molar-refractivity contribution in [2.24, 2.45) is 5.92 Å². The minimum Gasteiger partial charge on any atom is -0.380 e. The van der Waals surface area contributed by atoms with E-state index >= 15 is 0 Å². The average Bonchev–Trinajstić information content (AvgIpc) is 2.24. The average molecular weight is 214 g/mol. The third-order valence-corrected chi connectivity index (χ3v) is 2.92. The van der Waals surface area contributed by atoms with Crippen LogP contribution < -0.4 is 5.32 Å². The Hall–Kier alpha value is -0.120. The van der Waals surface area contributed by atoms with Crippen LogP contribution in [0.1, 0.15) is 27.2 Å². The molecule has 0 aromatic rings. The van der Waals surface area contributed by atoms with E-state index in [2.05, 4.69) is 31.0 Å². The molecule has 0 radical (unpaired) electrons. The van der Waals surface area contributed by atoms with Gasteiger partial charge in [0.05, 0.1) is 6.61 Å². The molecule has 0 amide bonds. The molecule has 3 heteroatoms. The van der Waals surface area contributed by atoms with E-state index < -0.39 is 0 Å². The molecule has 1 saturated heterocycles. The Morgan fingerprint density at radius 1 is 1.47 bits per heavy atom. The van der Waals surface area contributed by atoms with Gasteiger partial charge in [0.2, 0.25) is 0 Å². The van der Waals surface area contributed by atoms with Gasteiger partial charge in [-0.2, -0.15) is 0 Å². The molecule has 15 heavy (non-hydrogen) atoms. The van der Waals surface area contributed by atoms with Crippen molar-refractivity contribution < 1.29 is 4.74 Å². The van der Waals surface area contributed by atoms with E-state index in [0.717, 1.165) is 32.8 Å². The predicted molar refractivity (Wildman–Crippen MR) is 64.2 cm³/mol. The molecule has 1 fully saturated rings. The summed E-state index contributed by atoms with van der Waals surface area (Å²) in [5, 5.41) is 3.44. The van der Waals surface area contributed by atoms with Crippen LogP contribution in [0.5, 0.6) is 0 Å². The van der Waals surface area contributed by atoms with Gasteiger partial charge in [-0.05, 0) is 12.3 Å². The highest BCUT2D eigenvalue weighted by Crippen LogP contribution is 2.06. The number of nitrogens with zero attached hydrogens (tertiary/aromatic N) is 1. The lowest BCUT2D eigenvalue weighted by Gasteiger charge is -2.35. The van der Waals surface area contributed by atoms with Gasteiger partial charge in [0.1, 0.15) is 0 Å². The summed E-state index contributed by atoms with van der Waals surface area (Å²) in [4.78, 5) is 2.55. The molecule has 0 bridgehead atoms. The van der Waals surface area contributed by atoms with Gasteiger partial charge in [0.25, 0.3) is 0 Å². The number of nitrogens with one attached hydrogen (secondary N) is 1. The van der Waals surface area contributed by atoms with Gasteiger partial charge in [-0.3, -0.25) is 4.90 Å². The maximum atomic E-state index is 5.63. The largest absolute Gasteiger partial charge is 0.380 e. The summed E-state index contributed by atoms with van der Waals surface area (Å²) in [6.45, 7) is 13.0. The van der Waals surface area contributed by atoms with Crippen LogP contribution in [0.15, 0.2) is 0 Å². The Kier molecular flexibility index (Phi) is 6.22. The second kappa shape index (κ2) is 7.20. The summed E-state index contributed by atoms with van der Waals surface area (Å²) in [7, 11) is 0. The molecule has 90 valence electrons. The summed E-state index contributed by atoms with van der Waals surface area (Å²) >= 11 is 0. The van der Waals surface area contributed by atoms with E-state index in [-0.39, 0.29) is 0 Å². The lowest BCUT2D eigenvalue weighted by Crippen LogP contribution is -2.51. The van der Waals surface area contributed by atoms with Crippen LogP contribution in [0.4, 0.5) is 0 Å². The zero-order valence-corrected chi connectivity index (χ0v) is 10.5. The second-order valence-electron chi connectivity index (χ2n) is 4.77. The number of hydrogen-bond donors (Lipinski definition) is 1. The summed E-state index contributed by atoms with van der Waals surface area (Å²) in [6, 6.07) is 0.710. The highest BCUT2D eigenvalue weighted by molar-refractivity contribution is 4.78. The fourth-order valence-electron chi connectivity index (χ4n) is 2.00. The monoisotopic (exact) mass is 214 g/mol. The third-order valence-electron chi connectivity index (χ3n) is 2.92.